The Hall–Kier alpha value is -2.65. The first-order chi connectivity index (χ1) is 17.3. The minimum atomic E-state index is -0.429. The zero-order valence-corrected chi connectivity index (χ0v) is 23.1. The Morgan fingerprint density at radius 1 is 1.03 bits per heavy atom. The van der Waals surface area contributed by atoms with Crippen molar-refractivity contribution >= 4 is 73.8 Å². The number of carbonyl (C=O) groups is 2. The molecule has 0 atom stereocenters. The van der Waals surface area contributed by atoms with Gasteiger partial charge in [-0.15, -0.1) is 0 Å². The maximum Gasteiger partial charge on any atom is 0.298 e. The lowest BCUT2D eigenvalue weighted by Crippen LogP contribution is -2.28. The maximum atomic E-state index is 13.1. The first-order valence-corrected chi connectivity index (χ1v) is 13.1. The van der Waals surface area contributed by atoms with Crippen LogP contribution in [-0.4, -0.2) is 24.9 Å². The lowest BCUT2D eigenvalue weighted by atomic mass is 10.1. The molecule has 0 saturated carbocycles. The second-order valence-electron chi connectivity index (χ2n) is 7.48. The minimum Gasteiger partial charge on any atom is -0.495 e. The van der Waals surface area contributed by atoms with Gasteiger partial charge in [0, 0.05) is 15.6 Å². The van der Waals surface area contributed by atoms with E-state index in [4.69, 9.17) is 37.4 Å². The van der Waals surface area contributed by atoms with Gasteiger partial charge in [-0.1, -0.05) is 41.4 Å². The van der Waals surface area contributed by atoms with Crippen molar-refractivity contribution in [2.45, 2.75) is 13.5 Å². The standard InChI is InChI=1S/C26H20BrCl2NO5S/c1-3-34-22-11-15(10-18(27)24(22)35-14-16-8-9-17(28)13-19(16)29)12-23-25(31)30(26(32)36-23)20-6-4-5-7-21(20)33-2/h4-13H,3,14H2,1-2H3/b23-12-. The van der Waals surface area contributed by atoms with Gasteiger partial charge in [-0.05, 0) is 82.7 Å². The van der Waals surface area contributed by atoms with Gasteiger partial charge in [0.2, 0.25) is 0 Å². The molecule has 6 nitrogen and oxygen atoms in total. The Kier molecular flexibility index (Phi) is 8.51. The summed E-state index contributed by atoms with van der Waals surface area (Å²) in [6.45, 7) is 2.46. The molecule has 0 unspecified atom stereocenters. The first kappa shape index (κ1) is 26.4. The molecule has 186 valence electrons. The summed E-state index contributed by atoms with van der Waals surface area (Å²) in [5, 5.41) is 0.637. The number of ether oxygens (including phenoxy) is 3. The molecule has 10 heteroatoms. The molecule has 0 radical (unpaired) electrons. The molecule has 0 bridgehead atoms. The van der Waals surface area contributed by atoms with E-state index in [9.17, 15) is 9.59 Å². The maximum absolute atomic E-state index is 13.1. The predicted molar refractivity (Wildman–Crippen MR) is 148 cm³/mol. The Bertz CT molecular complexity index is 1360. The van der Waals surface area contributed by atoms with Crippen LogP contribution in [0.25, 0.3) is 6.08 Å². The molecule has 0 aliphatic carbocycles. The normalized spacial score (nSPS) is 14.5. The number of halogens is 3. The van der Waals surface area contributed by atoms with E-state index in [0.29, 0.717) is 49.6 Å². The Morgan fingerprint density at radius 3 is 2.53 bits per heavy atom. The van der Waals surface area contributed by atoms with Crippen LogP contribution in [0.2, 0.25) is 10.0 Å². The van der Waals surface area contributed by atoms with Crippen molar-refractivity contribution in [3.8, 4) is 17.2 Å². The lowest BCUT2D eigenvalue weighted by molar-refractivity contribution is -0.113. The summed E-state index contributed by atoms with van der Waals surface area (Å²) in [6, 6.07) is 15.6. The van der Waals surface area contributed by atoms with Crippen LogP contribution in [-0.2, 0) is 11.4 Å². The van der Waals surface area contributed by atoms with Gasteiger partial charge in [-0.3, -0.25) is 9.59 Å². The summed E-state index contributed by atoms with van der Waals surface area (Å²) >= 11 is 16.6. The quantitative estimate of drug-likeness (QED) is 0.242. The smallest absolute Gasteiger partial charge is 0.298 e. The van der Waals surface area contributed by atoms with E-state index in [1.54, 1.807) is 60.7 Å². The van der Waals surface area contributed by atoms with E-state index >= 15 is 0 Å². The third-order valence-electron chi connectivity index (χ3n) is 5.14. The van der Waals surface area contributed by atoms with Crippen LogP contribution in [0.4, 0.5) is 10.5 Å². The zero-order chi connectivity index (χ0) is 25.8. The van der Waals surface area contributed by atoms with Crippen LogP contribution >= 0.6 is 50.9 Å². The molecule has 2 amide bonds. The van der Waals surface area contributed by atoms with Crippen LogP contribution in [0.5, 0.6) is 17.2 Å². The number of amides is 2. The highest BCUT2D eigenvalue weighted by Crippen LogP contribution is 2.42. The van der Waals surface area contributed by atoms with E-state index < -0.39 is 11.1 Å². The molecule has 0 aromatic heterocycles. The van der Waals surface area contributed by atoms with E-state index in [0.717, 1.165) is 22.2 Å². The van der Waals surface area contributed by atoms with Crippen LogP contribution < -0.4 is 19.1 Å². The van der Waals surface area contributed by atoms with Gasteiger partial charge < -0.3 is 14.2 Å². The van der Waals surface area contributed by atoms with Crippen molar-refractivity contribution in [3.05, 3.63) is 85.1 Å². The van der Waals surface area contributed by atoms with E-state index in [-0.39, 0.29) is 11.5 Å². The zero-order valence-electron chi connectivity index (χ0n) is 19.2. The minimum absolute atomic E-state index is 0.200. The number of carbonyl (C=O) groups excluding carboxylic acids is 2. The van der Waals surface area contributed by atoms with Crippen molar-refractivity contribution in [3.63, 3.8) is 0 Å². The Labute approximate surface area is 231 Å². The number of hydrogen-bond acceptors (Lipinski definition) is 6. The molecule has 36 heavy (non-hydrogen) atoms. The van der Waals surface area contributed by atoms with Gasteiger partial charge in [0.25, 0.3) is 11.1 Å². The molecule has 1 heterocycles. The summed E-state index contributed by atoms with van der Waals surface area (Å²) < 4.78 is 17.8. The van der Waals surface area contributed by atoms with E-state index in [1.807, 2.05) is 6.92 Å². The summed E-state index contributed by atoms with van der Waals surface area (Å²) in [7, 11) is 1.49. The Balaban J connectivity index is 1.62. The van der Waals surface area contributed by atoms with Crippen molar-refractivity contribution < 1.29 is 23.8 Å². The number of hydrogen-bond donors (Lipinski definition) is 0. The number of para-hydroxylation sites is 2. The third kappa shape index (κ3) is 5.67. The number of benzene rings is 3. The second-order valence-corrected chi connectivity index (χ2v) is 10.2. The number of methoxy groups -OCH3 is 1. The summed E-state index contributed by atoms with van der Waals surface area (Å²) in [5.41, 5.74) is 1.82. The number of anilines is 1. The van der Waals surface area contributed by atoms with Crippen LogP contribution in [0.1, 0.15) is 18.1 Å². The summed E-state index contributed by atoms with van der Waals surface area (Å²) in [5.74, 6) is 0.973. The number of thioether (sulfide) groups is 1. The molecule has 1 fully saturated rings. The van der Waals surface area contributed by atoms with Gasteiger partial charge in [0.05, 0.1) is 28.8 Å². The van der Waals surface area contributed by atoms with Gasteiger partial charge in [-0.2, -0.15) is 0 Å². The molecule has 1 aliphatic rings. The molecule has 3 aromatic rings. The average molecular weight is 609 g/mol. The fourth-order valence-electron chi connectivity index (χ4n) is 3.50. The van der Waals surface area contributed by atoms with Crippen molar-refractivity contribution in [1.29, 1.82) is 0 Å². The Morgan fingerprint density at radius 2 is 1.81 bits per heavy atom. The number of nitrogens with zero attached hydrogens (tertiary/aromatic N) is 1. The van der Waals surface area contributed by atoms with Crippen molar-refractivity contribution in [2.24, 2.45) is 0 Å². The highest BCUT2D eigenvalue weighted by molar-refractivity contribution is 9.10. The van der Waals surface area contributed by atoms with E-state index in [2.05, 4.69) is 15.9 Å². The average Bonchev–Trinajstić information content (AvgIpc) is 3.12. The van der Waals surface area contributed by atoms with E-state index in [1.165, 1.54) is 7.11 Å². The van der Waals surface area contributed by atoms with Crippen molar-refractivity contribution in [2.75, 3.05) is 18.6 Å². The highest BCUT2D eigenvalue weighted by atomic mass is 79.9. The predicted octanol–water partition coefficient (Wildman–Crippen LogP) is 7.98. The van der Waals surface area contributed by atoms with Gasteiger partial charge in [-0.25, -0.2) is 4.90 Å². The molecule has 1 saturated heterocycles. The molecule has 0 N–H and O–H groups in total. The molecule has 4 rings (SSSR count). The van der Waals surface area contributed by atoms with Crippen molar-refractivity contribution in [1.82, 2.24) is 0 Å². The topological polar surface area (TPSA) is 65.1 Å². The molecule has 1 aliphatic heterocycles. The summed E-state index contributed by atoms with van der Waals surface area (Å²) in [4.78, 5) is 27.2. The number of rotatable bonds is 8. The lowest BCUT2D eigenvalue weighted by Gasteiger charge is -2.16. The summed E-state index contributed by atoms with van der Waals surface area (Å²) in [6.07, 6.45) is 1.65. The number of imide groups is 1. The van der Waals surface area contributed by atoms with Crippen LogP contribution in [0.3, 0.4) is 0 Å². The first-order valence-electron chi connectivity index (χ1n) is 10.8. The molecular weight excluding hydrogens is 589 g/mol. The second kappa shape index (κ2) is 11.6. The fourth-order valence-corrected chi connectivity index (χ4v) is 5.38. The largest absolute Gasteiger partial charge is 0.495 e. The van der Waals surface area contributed by atoms with Crippen LogP contribution in [0.15, 0.2) is 64.0 Å². The third-order valence-corrected chi connectivity index (χ3v) is 7.18. The van der Waals surface area contributed by atoms with Crippen LogP contribution in [0, 0.1) is 0 Å². The van der Waals surface area contributed by atoms with Gasteiger partial charge in [0.15, 0.2) is 11.5 Å². The molecule has 3 aromatic carbocycles. The molecular formula is C26H20BrCl2NO5S. The monoisotopic (exact) mass is 607 g/mol. The fraction of sp³-hybridized carbons (Fsp3) is 0.154. The van der Waals surface area contributed by atoms with Gasteiger partial charge in [0.1, 0.15) is 12.4 Å². The SMILES string of the molecule is CCOc1cc(/C=C2\SC(=O)N(c3ccccc3OC)C2=O)cc(Br)c1OCc1ccc(Cl)cc1Cl. The molecule has 0 spiro atoms. The van der Waals surface area contributed by atoms with Gasteiger partial charge >= 0.3 is 0 Å². The highest BCUT2D eigenvalue weighted by Gasteiger charge is 2.37.